The SMILES string of the molecule is CC(C)CCC(=O)Nc1ccc(F)cc1/C(N)=N/O. The summed E-state index contributed by atoms with van der Waals surface area (Å²) in [7, 11) is 0. The van der Waals surface area contributed by atoms with E-state index in [9.17, 15) is 9.18 Å². The molecule has 0 bridgehead atoms. The van der Waals surface area contributed by atoms with Crippen molar-refractivity contribution in [3.63, 3.8) is 0 Å². The summed E-state index contributed by atoms with van der Waals surface area (Å²) < 4.78 is 13.1. The highest BCUT2D eigenvalue weighted by Crippen LogP contribution is 2.17. The molecule has 1 aromatic rings. The van der Waals surface area contributed by atoms with Crippen LogP contribution in [-0.2, 0) is 4.79 Å². The molecule has 1 aromatic carbocycles. The van der Waals surface area contributed by atoms with Crippen molar-refractivity contribution in [2.24, 2.45) is 16.8 Å². The maximum atomic E-state index is 13.1. The second kappa shape index (κ2) is 6.72. The molecule has 0 heterocycles. The summed E-state index contributed by atoms with van der Waals surface area (Å²) in [5, 5.41) is 14.1. The molecule has 0 aromatic heterocycles. The lowest BCUT2D eigenvalue weighted by Crippen LogP contribution is -2.19. The second-order valence-corrected chi connectivity index (χ2v) is 4.66. The van der Waals surface area contributed by atoms with Gasteiger partial charge in [-0.3, -0.25) is 4.79 Å². The van der Waals surface area contributed by atoms with Crippen LogP contribution >= 0.6 is 0 Å². The van der Waals surface area contributed by atoms with Crippen LogP contribution in [0, 0.1) is 11.7 Å². The van der Waals surface area contributed by atoms with Crippen LogP contribution in [0.5, 0.6) is 0 Å². The number of benzene rings is 1. The Morgan fingerprint density at radius 1 is 1.53 bits per heavy atom. The van der Waals surface area contributed by atoms with E-state index in [1.54, 1.807) is 0 Å². The Morgan fingerprint density at radius 2 is 2.21 bits per heavy atom. The number of hydrogen-bond acceptors (Lipinski definition) is 3. The van der Waals surface area contributed by atoms with E-state index in [-0.39, 0.29) is 17.3 Å². The molecule has 4 N–H and O–H groups in total. The van der Waals surface area contributed by atoms with Crippen LogP contribution in [0.2, 0.25) is 0 Å². The minimum Gasteiger partial charge on any atom is -0.409 e. The number of oxime groups is 1. The molecule has 1 amide bonds. The number of carbonyl (C=O) groups is 1. The fourth-order valence-corrected chi connectivity index (χ4v) is 1.52. The Labute approximate surface area is 111 Å². The normalized spacial score (nSPS) is 11.7. The van der Waals surface area contributed by atoms with Gasteiger partial charge < -0.3 is 16.3 Å². The third-order valence-electron chi connectivity index (χ3n) is 2.59. The number of halogens is 1. The smallest absolute Gasteiger partial charge is 0.224 e. The monoisotopic (exact) mass is 267 g/mol. The Kier molecular flexibility index (Phi) is 5.29. The number of hydrogen-bond donors (Lipinski definition) is 3. The first kappa shape index (κ1) is 14.9. The van der Waals surface area contributed by atoms with Gasteiger partial charge in [-0.2, -0.15) is 0 Å². The number of anilines is 1. The molecule has 5 nitrogen and oxygen atoms in total. The third kappa shape index (κ3) is 4.57. The van der Waals surface area contributed by atoms with Crippen molar-refractivity contribution in [3.05, 3.63) is 29.6 Å². The molecule has 0 spiro atoms. The second-order valence-electron chi connectivity index (χ2n) is 4.66. The minimum absolute atomic E-state index is 0.153. The number of amides is 1. The topological polar surface area (TPSA) is 87.7 Å². The molecule has 6 heteroatoms. The zero-order valence-corrected chi connectivity index (χ0v) is 11.0. The third-order valence-corrected chi connectivity index (χ3v) is 2.59. The molecule has 1 rings (SSSR count). The highest BCUT2D eigenvalue weighted by atomic mass is 19.1. The lowest BCUT2D eigenvalue weighted by Gasteiger charge is -2.11. The Bertz CT molecular complexity index is 487. The number of rotatable bonds is 5. The predicted octanol–water partition coefficient (Wildman–Crippen LogP) is 2.29. The molecule has 0 fully saturated rings. The van der Waals surface area contributed by atoms with Crippen molar-refractivity contribution < 1.29 is 14.4 Å². The predicted molar refractivity (Wildman–Crippen MR) is 71.6 cm³/mol. The van der Waals surface area contributed by atoms with Gasteiger partial charge >= 0.3 is 0 Å². The molecule has 0 atom stereocenters. The number of nitrogens with two attached hydrogens (primary N) is 1. The van der Waals surface area contributed by atoms with E-state index < -0.39 is 5.82 Å². The molecule has 0 saturated heterocycles. The fourth-order valence-electron chi connectivity index (χ4n) is 1.52. The van der Waals surface area contributed by atoms with E-state index in [2.05, 4.69) is 10.5 Å². The average Bonchev–Trinajstić information content (AvgIpc) is 2.37. The van der Waals surface area contributed by atoms with E-state index in [1.807, 2.05) is 13.8 Å². The van der Waals surface area contributed by atoms with Crippen molar-refractivity contribution >= 4 is 17.4 Å². The van der Waals surface area contributed by atoms with Crippen LogP contribution in [-0.4, -0.2) is 17.0 Å². The fraction of sp³-hybridized carbons (Fsp3) is 0.385. The van der Waals surface area contributed by atoms with Gasteiger partial charge in [0.1, 0.15) is 5.82 Å². The van der Waals surface area contributed by atoms with Gasteiger partial charge in [-0.25, -0.2) is 4.39 Å². The van der Waals surface area contributed by atoms with Gasteiger partial charge in [0.15, 0.2) is 5.84 Å². The zero-order valence-electron chi connectivity index (χ0n) is 11.0. The molecule has 0 aliphatic heterocycles. The minimum atomic E-state index is -0.526. The maximum Gasteiger partial charge on any atom is 0.224 e. The molecule has 19 heavy (non-hydrogen) atoms. The highest BCUT2D eigenvalue weighted by Gasteiger charge is 2.11. The Hall–Kier alpha value is -2.11. The molecular weight excluding hydrogens is 249 g/mol. The van der Waals surface area contributed by atoms with Crippen LogP contribution in [0.1, 0.15) is 32.3 Å². The molecule has 0 aliphatic rings. The Morgan fingerprint density at radius 3 is 2.79 bits per heavy atom. The average molecular weight is 267 g/mol. The summed E-state index contributed by atoms with van der Waals surface area (Å²) in [5.41, 5.74) is 5.92. The largest absolute Gasteiger partial charge is 0.409 e. The van der Waals surface area contributed by atoms with Crippen LogP contribution in [0.15, 0.2) is 23.4 Å². The Balaban J connectivity index is 2.86. The molecular formula is C13H18FN3O2. The molecule has 104 valence electrons. The van der Waals surface area contributed by atoms with Gasteiger partial charge in [-0.05, 0) is 30.5 Å². The van der Waals surface area contributed by atoms with Crippen LogP contribution in [0.4, 0.5) is 10.1 Å². The van der Waals surface area contributed by atoms with Gasteiger partial charge in [0.2, 0.25) is 5.91 Å². The summed E-state index contributed by atoms with van der Waals surface area (Å²) >= 11 is 0. The first-order valence-electron chi connectivity index (χ1n) is 6.01. The van der Waals surface area contributed by atoms with Gasteiger partial charge in [-0.15, -0.1) is 0 Å². The van der Waals surface area contributed by atoms with E-state index in [0.29, 0.717) is 18.0 Å². The van der Waals surface area contributed by atoms with Gasteiger partial charge in [0, 0.05) is 12.0 Å². The summed E-state index contributed by atoms with van der Waals surface area (Å²) in [5.74, 6) is -0.546. The number of amidine groups is 1. The van der Waals surface area contributed by atoms with Gasteiger partial charge in [0.05, 0.1) is 5.69 Å². The summed E-state index contributed by atoms with van der Waals surface area (Å²) in [6.07, 6.45) is 1.12. The van der Waals surface area contributed by atoms with Crippen molar-refractivity contribution in [1.29, 1.82) is 0 Å². The first-order valence-corrected chi connectivity index (χ1v) is 6.01. The molecule has 0 aliphatic carbocycles. The van der Waals surface area contributed by atoms with E-state index in [0.717, 1.165) is 12.5 Å². The number of carbonyl (C=O) groups excluding carboxylic acids is 1. The molecule has 0 saturated carbocycles. The van der Waals surface area contributed by atoms with Crippen molar-refractivity contribution in [1.82, 2.24) is 0 Å². The van der Waals surface area contributed by atoms with Crippen molar-refractivity contribution in [2.75, 3.05) is 5.32 Å². The van der Waals surface area contributed by atoms with Gasteiger partial charge in [0.25, 0.3) is 0 Å². The first-order chi connectivity index (χ1) is 8.93. The number of nitrogens with zero attached hydrogens (tertiary/aromatic N) is 1. The standard InChI is InChI=1S/C13H18FN3O2/c1-8(2)3-6-12(18)16-11-5-4-9(14)7-10(11)13(15)17-19/h4-5,7-8,19H,3,6H2,1-2H3,(H2,15,17)(H,16,18). The van der Waals surface area contributed by atoms with Crippen LogP contribution in [0.25, 0.3) is 0 Å². The lowest BCUT2D eigenvalue weighted by molar-refractivity contribution is -0.116. The molecule has 0 radical (unpaired) electrons. The molecule has 0 unspecified atom stereocenters. The van der Waals surface area contributed by atoms with Crippen LogP contribution < -0.4 is 11.1 Å². The maximum absolute atomic E-state index is 13.1. The zero-order chi connectivity index (χ0) is 14.4. The summed E-state index contributed by atoms with van der Waals surface area (Å²) in [6.45, 7) is 4.04. The van der Waals surface area contributed by atoms with Crippen molar-refractivity contribution in [2.45, 2.75) is 26.7 Å². The van der Waals surface area contributed by atoms with E-state index >= 15 is 0 Å². The van der Waals surface area contributed by atoms with Gasteiger partial charge in [-0.1, -0.05) is 19.0 Å². The number of nitrogens with one attached hydrogen (secondary N) is 1. The van der Waals surface area contributed by atoms with E-state index in [1.165, 1.54) is 12.1 Å². The van der Waals surface area contributed by atoms with Crippen molar-refractivity contribution in [3.8, 4) is 0 Å². The van der Waals surface area contributed by atoms with Crippen LogP contribution in [0.3, 0.4) is 0 Å². The van der Waals surface area contributed by atoms with E-state index in [4.69, 9.17) is 10.9 Å². The quantitative estimate of drug-likeness (QED) is 0.331. The highest BCUT2D eigenvalue weighted by molar-refractivity contribution is 6.05. The summed E-state index contributed by atoms with van der Waals surface area (Å²) in [4.78, 5) is 11.7. The summed E-state index contributed by atoms with van der Waals surface area (Å²) in [6, 6.07) is 3.69. The lowest BCUT2D eigenvalue weighted by atomic mass is 10.1.